The number of nitro benzene ring substituents is 1. The quantitative estimate of drug-likeness (QED) is 0.378. The average molecular weight is 413 g/mol. The van der Waals surface area contributed by atoms with Crippen molar-refractivity contribution in [1.29, 1.82) is 0 Å². The molecule has 0 radical (unpaired) electrons. The van der Waals surface area contributed by atoms with Crippen molar-refractivity contribution >= 4 is 40.3 Å². The lowest BCUT2D eigenvalue weighted by molar-refractivity contribution is -0.384. The van der Waals surface area contributed by atoms with Gasteiger partial charge in [-0.05, 0) is 54.2 Å². The first-order valence-corrected chi connectivity index (χ1v) is 9.54. The van der Waals surface area contributed by atoms with Crippen molar-refractivity contribution in [1.82, 2.24) is 9.47 Å². The summed E-state index contributed by atoms with van der Waals surface area (Å²) < 4.78 is 2.23. The number of non-ortho nitro benzene ring substituents is 1. The Labute approximate surface area is 172 Å². The van der Waals surface area contributed by atoms with E-state index in [1.165, 1.54) is 12.1 Å². The molecule has 1 aliphatic heterocycles. The minimum Gasteiger partial charge on any atom is -0.348 e. The number of nitrogens with one attached hydrogen (secondary N) is 1. The molecule has 0 amide bonds. The maximum absolute atomic E-state index is 10.8. The molecule has 3 aromatic rings. The summed E-state index contributed by atoms with van der Waals surface area (Å²) >= 11 is 11.8. The Hall–Kier alpha value is -2.90. The number of thiocarbonyl (C=S) groups is 1. The van der Waals surface area contributed by atoms with Gasteiger partial charge in [0.1, 0.15) is 0 Å². The van der Waals surface area contributed by atoms with E-state index < -0.39 is 4.92 Å². The van der Waals surface area contributed by atoms with Gasteiger partial charge in [0.25, 0.3) is 5.69 Å². The summed E-state index contributed by atoms with van der Waals surface area (Å²) in [5, 5.41) is 15.3. The van der Waals surface area contributed by atoms with Crippen molar-refractivity contribution in [2.45, 2.75) is 12.6 Å². The van der Waals surface area contributed by atoms with E-state index in [1.54, 1.807) is 12.1 Å². The first kappa shape index (κ1) is 18.5. The highest BCUT2D eigenvalue weighted by atomic mass is 35.5. The number of fused-ring (bicyclic) bond motifs is 1. The average Bonchev–Trinajstić information content (AvgIpc) is 3.17. The third-order valence-corrected chi connectivity index (χ3v) is 5.40. The van der Waals surface area contributed by atoms with Gasteiger partial charge in [-0.15, -0.1) is 0 Å². The van der Waals surface area contributed by atoms with Crippen LogP contribution in [0.5, 0.6) is 0 Å². The van der Waals surface area contributed by atoms with E-state index in [9.17, 15) is 10.1 Å². The van der Waals surface area contributed by atoms with Crippen molar-refractivity contribution in [2.75, 3.05) is 11.9 Å². The highest BCUT2D eigenvalue weighted by Gasteiger charge is 2.30. The van der Waals surface area contributed by atoms with Crippen LogP contribution < -0.4 is 5.32 Å². The summed E-state index contributed by atoms with van der Waals surface area (Å²) in [6.07, 6.45) is 2.07. The van der Waals surface area contributed by atoms with Crippen molar-refractivity contribution in [3.8, 4) is 0 Å². The zero-order chi connectivity index (χ0) is 19.7. The minimum atomic E-state index is -0.419. The zero-order valence-electron chi connectivity index (χ0n) is 14.8. The van der Waals surface area contributed by atoms with E-state index in [-0.39, 0.29) is 11.7 Å². The molecule has 0 bridgehead atoms. The van der Waals surface area contributed by atoms with Crippen LogP contribution in [-0.4, -0.2) is 26.0 Å². The second kappa shape index (κ2) is 7.61. The normalized spacial score (nSPS) is 15.8. The Balaban J connectivity index is 1.62. The Morgan fingerprint density at radius 2 is 1.82 bits per heavy atom. The predicted octanol–water partition coefficient (Wildman–Crippen LogP) is 4.85. The van der Waals surface area contributed by atoms with Crippen LogP contribution in [0, 0.1) is 10.1 Å². The molecule has 2 heterocycles. The Morgan fingerprint density at radius 3 is 2.50 bits per heavy atom. The molecule has 2 aromatic carbocycles. The molecule has 0 unspecified atom stereocenters. The minimum absolute atomic E-state index is 0.0425. The summed E-state index contributed by atoms with van der Waals surface area (Å²) in [5.41, 5.74) is 3.01. The number of aromatic nitrogens is 1. The molecule has 1 aromatic heterocycles. The summed E-state index contributed by atoms with van der Waals surface area (Å²) in [6, 6.07) is 18.1. The number of hydrogen-bond acceptors (Lipinski definition) is 3. The van der Waals surface area contributed by atoms with E-state index in [1.807, 2.05) is 30.3 Å². The predicted molar refractivity (Wildman–Crippen MR) is 114 cm³/mol. The standard InChI is InChI=1S/C20H17ClN4O2S/c21-15-5-3-14(4-6-15)19-18-2-1-11-23(18)12-13-24(19)20(28)22-16-7-9-17(10-8-16)25(26)27/h1-11,19H,12-13H2,(H,22,28)/t19-/m0/s1. The maximum Gasteiger partial charge on any atom is 0.269 e. The van der Waals surface area contributed by atoms with Crippen LogP contribution in [0.4, 0.5) is 11.4 Å². The number of hydrogen-bond donors (Lipinski definition) is 1. The molecule has 0 fully saturated rings. The van der Waals surface area contributed by atoms with Gasteiger partial charge in [-0.3, -0.25) is 10.1 Å². The van der Waals surface area contributed by atoms with Gasteiger partial charge < -0.3 is 14.8 Å². The van der Waals surface area contributed by atoms with Gasteiger partial charge >= 0.3 is 0 Å². The fraction of sp³-hybridized carbons (Fsp3) is 0.150. The number of anilines is 1. The molecule has 0 saturated carbocycles. The van der Waals surface area contributed by atoms with E-state index >= 15 is 0 Å². The fourth-order valence-electron chi connectivity index (χ4n) is 3.46. The SMILES string of the molecule is O=[N+]([O-])c1ccc(NC(=S)N2CCn3cccc3[C@@H]2c2ccc(Cl)cc2)cc1. The first-order valence-electron chi connectivity index (χ1n) is 8.75. The van der Waals surface area contributed by atoms with Gasteiger partial charge in [0, 0.05) is 47.8 Å². The van der Waals surface area contributed by atoms with Crippen molar-refractivity contribution in [2.24, 2.45) is 0 Å². The van der Waals surface area contributed by atoms with Crippen molar-refractivity contribution in [3.05, 3.63) is 93.3 Å². The molecule has 1 atom stereocenters. The van der Waals surface area contributed by atoms with Crippen LogP contribution >= 0.6 is 23.8 Å². The topological polar surface area (TPSA) is 63.3 Å². The van der Waals surface area contributed by atoms with Crippen LogP contribution in [0.3, 0.4) is 0 Å². The summed E-state index contributed by atoms with van der Waals surface area (Å²) in [6.45, 7) is 1.57. The third-order valence-electron chi connectivity index (χ3n) is 4.81. The van der Waals surface area contributed by atoms with Gasteiger partial charge in [0.2, 0.25) is 0 Å². The smallest absolute Gasteiger partial charge is 0.269 e. The molecule has 1 aliphatic rings. The lowest BCUT2D eigenvalue weighted by atomic mass is 10.0. The molecule has 8 heteroatoms. The van der Waals surface area contributed by atoms with Gasteiger partial charge in [0.15, 0.2) is 5.11 Å². The molecular weight excluding hydrogens is 396 g/mol. The lowest BCUT2D eigenvalue weighted by Gasteiger charge is -2.39. The van der Waals surface area contributed by atoms with E-state index in [2.05, 4.69) is 27.0 Å². The highest BCUT2D eigenvalue weighted by molar-refractivity contribution is 7.80. The number of nitrogens with zero attached hydrogens (tertiary/aromatic N) is 3. The first-order chi connectivity index (χ1) is 13.5. The molecule has 0 aliphatic carbocycles. The van der Waals surface area contributed by atoms with Gasteiger partial charge in [-0.2, -0.15) is 0 Å². The van der Waals surface area contributed by atoms with Crippen LogP contribution in [-0.2, 0) is 6.54 Å². The molecule has 4 rings (SSSR count). The number of nitro groups is 1. The molecule has 0 saturated heterocycles. The Morgan fingerprint density at radius 1 is 1.11 bits per heavy atom. The second-order valence-electron chi connectivity index (χ2n) is 6.51. The van der Waals surface area contributed by atoms with Crippen LogP contribution in [0.15, 0.2) is 66.9 Å². The monoisotopic (exact) mass is 412 g/mol. The third kappa shape index (κ3) is 3.58. The second-order valence-corrected chi connectivity index (χ2v) is 7.33. The molecule has 6 nitrogen and oxygen atoms in total. The molecule has 28 heavy (non-hydrogen) atoms. The van der Waals surface area contributed by atoms with E-state index in [4.69, 9.17) is 23.8 Å². The molecule has 0 spiro atoms. The number of benzene rings is 2. The van der Waals surface area contributed by atoms with E-state index in [0.717, 1.165) is 24.3 Å². The lowest BCUT2D eigenvalue weighted by Crippen LogP contribution is -2.44. The fourth-order valence-corrected chi connectivity index (χ4v) is 3.90. The van der Waals surface area contributed by atoms with Crippen LogP contribution in [0.2, 0.25) is 5.02 Å². The summed E-state index contributed by atoms with van der Waals surface area (Å²) in [4.78, 5) is 12.6. The maximum atomic E-state index is 10.8. The number of rotatable bonds is 3. The van der Waals surface area contributed by atoms with Gasteiger partial charge in [0.05, 0.1) is 11.0 Å². The van der Waals surface area contributed by atoms with E-state index in [0.29, 0.717) is 15.8 Å². The summed E-state index contributed by atoms with van der Waals surface area (Å²) in [5.74, 6) is 0. The number of halogens is 1. The molecule has 142 valence electrons. The highest BCUT2D eigenvalue weighted by Crippen LogP contribution is 2.33. The molecule has 1 N–H and O–H groups in total. The van der Waals surface area contributed by atoms with Gasteiger partial charge in [-0.1, -0.05) is 23.7 Å². The largest absolute Gasteiger partial charge is 0.348 e. The Bertz CT molecular complexity index is 1020. The summed E-state index contributed by atoms with van der Waals surface area (Å²) in [7, 11) is 0. The molecular formula is C20H17ClN4O2S. The van der Waals surface area contributed by atoms with Crippen LogP contribution in [0.1, 0.15) is 17.3 Å². The van der Waals surface area contributed by atoms with Gasteiger partial charge in [-0.25, -0.2) is 0 Å². The van der Waals surface area contributed by atoms with Crippen molar-refractivity contribution < 1.29 is 4.92 Å². The van der Waals surface area contributed by atoms with Crippen molar-refractivity contribution in [3.63, 3.8) is 0 Å². The van der Waals surface area contributed by atoms with Crippen LogP contribution in [0.25, 0.3) is 0 Å². The zero-order valence-corrected chi connectivity index (χ0v) is 16.4. The Kier molecular flexibility index (Phi) is 5.02.